The molecule has 0 radical (unpaired) electrons. The maximum atomic E-state index is 13.3. The Morgan fingerprint density at radius 3 is 2.57 bits per heavy atom. The number of benzene rings is 2. The monoisotopic (exact) mass is 482 g/mol. The summed E-state index contributed by atoms with van der Waals surface area (Å²) in [6, 6.07) is 18.8. The second kappa shape index (κ2) is 9.28. The predicted octanol–water partition coefficient (Wildman–Crippen LogP) is 4.20. The summed E-state index contributed by atoms with van der Waals surface area (Å²) in [6.07, 6.45) is 3.54. The van der Waals surface area contributed by atoms with Crippen molar-refractivity contribution in [3.05, 3.63) is 89.4 Å². The number of hydrogen-bond acceptors (Lipinski definition) is 6. The van der Waals surface area contributed by atoms with Crippen LogP contribution in [0.5, 0.6) is 0 Å². The number of carbonyl (C=O) groups excluding carboxylic acids is 1. The van der Waals surface area contributed by atoms with Crippen LogP contribution in [0.15, 0.2) is 71.9 Å². The molecule has 7 nitrogen and oxygen atoms in total. The van der Waals surface area contributed by atoms with Crippen LogP contribution in [0.1, 0.15) is 27.2 Å². The zero-order chi connectivity index (χ0) is 23.8. The van der Waals surface area contributed by atoms with Crippen molar-refractivity contribution in [3.8, 4) is 17.2 Å². The van der Waals surface area contributed by atoms with Gasteiger partial charge in [-0.05, 0) is 18.6 Å². The first-order valence-corrected chi connectivity index (χ1v) is 12.8. The third-order valence-electron chi connectivity index (χ3n) is 6.72. The van der Waals surface area contributed by atoms with Crippen LogP contribution in [0.25, 0.3) is 17.2 Å². The van der Waals surface area contributed by atoms with E-state index in [2.05, 4.69) is 57.4 Å². The number of amides is 1. The second-order valence-corrected chi connectivity index (χ2v) is 9.96. The fourth-order valence-corrected chi connectivity index (χ4v) is 5.74. The van der Waals surface area contributed by atoms with E-state index in [1.807, 2.05) is 30.2 Å². The van der Waals surface area contributed by atoms with E-state index >= 15 is 0 Å². The molecule has 2 aliphatic heterocycles. The Kier molecular flexibility index (Phi) is 5.83. The van der Waals surface area contributed by atoms with Gasteiger partial charge in [-0.3, -0.25) is 9.69 Å². The third-order valence-corrected chi connectivity index (χ3v) is 7.84. The van der Waals surface area contributed by atoms with Gasteiger partial charge in [-0.1, -0.05) is 48.5 Å². The van der Waals surface area contributed by atoms with Crippen LogP contribution in [-0.2, 0) is 12.3 Å². The molecule has 2 aromatic carbocycles. The average molecular weight is 483 g/mol. The molecule has 0 bridgehead atoms. The van der Waals surface area contributed by atoms with Crippen molar-refractivity contribution in [2.45, 2.75) is 24.1 Å². The van der Waals surface area contributed by atoms with Crippen molar-refractivity contribution >= 4 is 17.7 Å². The molecule has 0 spiro atoms. The van der Waals surface area contributed by atoms with Crippen LogP contribution in [0.3, 0.4) is 0 Å². The predicted molar refractivity (Wildman–Crippen MR) is 137 cm³/mol. The highest BCUT2D eigenvalue weighted by molar-refractivity contribution is 7.98. The van der Waals surface area contributed by atoms with Gasteiger partial charge in [-0.25, -0.2) is 14.6 Å². The van der Waals surface area contributed by atoms with Crippen molar-refractivity contribution in [1.29, 1.82) is 0 Å². The lowest BCUT2D eigenvalue weighted by Gasteiger charge is -2.34. The summed E-state index contributed by atoms with van der Waals surface area (Å²) in [5.74, 6) is 1.37. The molecule has 2 aliphatic rings. The molecule has 0 aliphatic carbocycles. The molecule has 4 heterocycles. The molecule has 1 saturated heterocycles. The topological polar surface area (TPSA) is 67.2 Å². The van der Waals surface area contributed by atoms with E-state index in [0.717, 1.165) is 47.9 Å². The summed E-state index contributed by atoms with van der Waals surface area (Å²) in [7, 11) is 0. The van der Waals surface area contributed by atoms with Crippen molar-refractivity contribution < 1.29 is 4.79 Å². The molecule has 0 saturated carbocycles. The van der Waals surface area contributed by atoms with Gasteiger partial charge in [-0.2, -0.15) is 5.10 Å². The number of hydrogen-bond donors (Lipinski definition) is 0. The molecule has 1 amide bonds. The standard InChI is InChI=1S/C27H26N6OS/c1-19-23(26(34)32-13-11-31(12-14-32)17-20-7-3-2-4-8-20)16-29-33(19)27-28-15-21-18-35-24-10-6-5-9-22(24)25(21)30-27/h2-10,15-16H,11-14,17-18H2,1H3. The minimum Gasteiger partial charge on any atom is -0.336 e. The lowest BCUT2D eigenvalue weighted by molar-refractivity contribution is 0.0627. The lowest BCUT2D eigenvalue weighted by Crippen LogP contribution is -2.48. The number of aromatic nitrogens is 4. The Balaban J connectivity index is 1.19. The second-order valence-electron chi connectivity index (χ2n) is 8.94. The highest BCUT2D eigenvalue weighted by Gasteiger charge is 2.26. The third kappa shape index (κ3) is 4.24. The SMILES string of the molecule is Cc1c(C(=O)N2CCN(Cc3ccccc3)CC2)cnn1-c1ncc2c(n1)-c1ccccc1SC2. The molecular formula is C27H26N6OS. The molecule has 4 aromatic rings. The lowest BCUT2D eigenvalue weighted by atomic mass is 10.1. The minimum atomic E-state index is 0.0211. The van der Waals surface area contributed by atoms with E-state index in [9.17, 15) is 4.79 Å². The molecule has 2 aromatic heterocycles. The smallest absolute Gasteiger partial charge is 0.257 e. The first kappa shape index (κ1) is 22.0. The maximum Gasteiger partial charge on any atom is 0.257 e. The van der Waals surface area contributed by atoms with Gasteiger partial charge in [0.1, 0.15) is 0 Å². The Morgan fingerprint density at radius 2 is 1.74 bits per heavy atom. The van der Waals surface area contributed by atoms with E-state index in [0.29, 0.717) is 24.6 Å². The Hall–Kier alpha value is -3.49. The number of nitrogens with zero attached hydrogens (tertiary/aromatic N) is 6. The van der Waals surface area contributed by atoms with Crippen LogP contribution in [0, 0.1) is 6.92 Å². The number of fused-ring (bicyclic) bond motifs is 3. The molecule has 0 unspecified atom stereocenters. The molecule has 1 fully saturated rings. The van der Waals surface area contributed by atoms with E-state index < -0.39 is 0 Å². The van der Waals surface area contributed by atoms with Gasteiger partial charge in [0.05, 0.1) is 23.1 Å². The van der Waals surface area contributed by atoms with Crippen molar-refractivity contribution in [2.75, 3.05) is 26.2 Å². The summed E-state index contributed by atoms with van der Waals surface area (Å²) in [4.78, 5) is 28.3. The molecule has 8 heteroatoms. The maximum absolute atomic E-state index is 13.3. The summed E-state index contributed by atoms with van der Waals surface area (Å²) in [5, 5.41) is 4.51. The van der Waals surface area contributed by atoms with Gasteiger partial charge in [0.2, 0.25) is 0 Å². The summed E-state index contributed by atoms with van der Waals surface area (Å²) < 4.78 is 1.68. The van der Waals surface area contributed by atoms with E-state index in [-0.39, 0.29) is 5.91 Å². The van der Waals surface area contributed by atoms with Gasteiger partial charge >= 0.3 is 0 Å². The Labute approximate surface area is 208 Å². The van der Waals surface area contributed by atoms with Crippen LogP contribution in [0.2, 0.25) is 0 Å². The number of carbonyl (C=O) groups is 1. The first-order valence-electron chi connectivity index (χ1n) is 11.9. The Bertz CT molecular complexity index is 1380. The molecule has 6 rings (SSSR count). The van der Waals surface area contributed by atoms with Crippen molar-refractivity contribution in [1.82, 2.24) is 29.5 Å². The van der Waals surface area contributed by atoms with Gasteiger partial charge < -0.3 is 4.90 Å². The summed E-state index contributed by atoms with van der Waals surface area (Å²) >= 11 is 1.80. The zero-order valence-corrected chi connectivity index (χ0v) is 20.4. The van der Waals surface area contributed by atoms with Crippen molar-refractivity contribution in [3.63, 3.8) is 0 Å². The quantitative estimate of drug-likeness (QED) is 0.434. The number of rotatable bonds is 4. The van der Waals surface area contributed by atoms with E-state index in [1.54, 1.807) is 22.6 Å². The highest BCUT2D eigenvalue weighted by atomic mass is 32.2. The van der Waals surface area contributed by atoms with E-state index in [4.69, 9.17) is 4.98 Å². The van der Waals surface area contributed by atoms with Crippen LogP contribution in [0.4, 0.5) is 0 Å². The van der Waals surface area contributed by atoms with Crippen LogP contribution >= 0.6 is 11.8 Å². The Morgan fingerprint density at radius 1 is 0.971 bits per heavy atom. The van der Waals surface area contributed by atoms with Crippen LogP contribution < -0.4 is 0 Å². The normalized spacial score (nSPS) is 15.5. The molecule has 176 valence electrons. The molecule has 35 heavy (non-hydrogen) atoms. The van der Waals surface area contributed by atoms with E-state index in [1.165, 1.54) is 10.5 Å². The molecule has 0 N–H and O–H groups in total. The molecular weight excluding hydrogens is 456 g/mol. The largest absolute Gasteiger partial charge is 0.336 e. The first-order chi connectivity index (χ1) is 17.2. The minimum absolute atomic E-state index is 0.0211. The number of piperazine rings is 1. The van der Waals surface area contributed by atoms with Gasteiger partial charge in [0, 0.05) is 60.7 Å². The molecule has 0 atom stereocenters. The van der Waals surface area contributed by atoms with Crippen LogP contribution in [-0.4, -0.2) is 61.6 Å². The van der Waals surface area contributed by atoms with Gasteiger partial charge in [0.15, 0.2) is 0 Å². The van der Waals surface area contributed by atoms with Gasteiger partial charge in [0.25, 0.3) is 11.9 Å². The summed E-state index contributed by atoms with van der Waals surface area (Å²) in [6.45, 7) is 5.97. The summed E-state index contributed by atoms with van der Waals surface area (Å²) in [5.41, 5.74) is 5.86. The zero-order valence-electron chi connectivity index (χ0n) is 19.6. The fourth-order valence-electron chi connectivity index (χ4n) is 4.72. The number of thioether (sulfide) groups is 1. The fraction of sp³-hybridized carbons (Fsp3) is 0.259. The average Bonchev–Trinajstić information content (AvgIpc) is 3.30. The van der Waals surface area contributed by atoms with Gasteiger partial charge in [-0.15, -0.1) is 11.8 Å². The highest BCUT2D eigenvalue weighted by Crippen LogP contribution is 2.40. The van der Waals surface area contributed by atoms with Crippen molar-refractivity contribution in [2.24, 2.45) is 0 Å².